The summed E-state index contributed by atoms with van der Waals surface area (Å²) in [5.74, 6) is -2.35. The van der Waals surface area contributed by atoms with E-state index in [1.54, 1.807) is 12.2 Å². The van der Waals surface area contributed by atoms with Gasteiger partial charge in [-0.2, -0.15) is 0 Å². The van der Waals surface area contributed by atoms with E-state index < -0.39 is 11.8 Å². The molecule has 4 fully saturated rings. The van der Waals surface area contributed by atoms with Gasteiger partial charge in [-0.1, -0.05) is 24.3 Å². The summed E-state index contributed by atoms with van der Waals surface area (Å²) < 4.78 is 0. The van der Waals surface area contributed by atoms with Gasteiger partial charge in [0.15, 0.2) is 0 Å². The van der Waals surface area contributed by atoms with Crippen LogP contribution in [0, 0.1) is 47.3 Å². The Labute approximate surface area is 151 Å². The van der Waals surface area contributed by atoms with Gasteiger partial charge in [0.05, 0.1) is 23.7 Å². The van der Waals surface area contributed by atoms with Crippen molar-refractivity contribution in [2.45, 2.75) is 0 Å². The lowest BCUT2D eigenvalue weighted by atomic mass is 9.40. The van der Waals surface area contributed by atoms with Crippen molar-refractivity contribution < 1.29 is 19.2 Å². The zero-order chi connectivity index (χ0) is 18.3. The highest BCUT2D eigenvalue weighted by molar-refractivity contribution is 6.09. The molecule has 0 spiro atoms. The lowest BCUT2D eigenvalue weighted by Gasteiger charge is -2.60. The molecule has 0 aromatic heterocycles. The molecule has 0 aromatic rings. The third-order valence-electron chi connectivity index (χ3n) is 7.15. The second-order valence-corrected chi connectivity index (χ2v) is 7.95. The number of imide groups is 2. The molecule has 6 rings (SSSR count). The van der Waals surface area contributed by atoms with Crippen molar-refractivity contribution in [1.29, 1.82) is 0 Å². The van der Waals surface area contributed by atoms with Crippen molar-refractivity contribution in [3.8, 4) is 0 Å². The summed E-state index contributed by atoms with van der Waals surface area (Å²) >= 11 is 0. The minimum atomic E-state index is -0.393. The molecule has 6 aliphatic rings. The van der Waals surface area contributed by atoms with Crippen LogP contribution in [0.5, 0.6) is 0 Å². The molecule has 6 heteroatoms. The third kappa shape index (κ3) is 1.54. The number of hydrogen-bond donors (Lipinski definition) is 0. The number of carbonyl (C=O) groups is 4. The molecule has 0 N–H and O–H groups in total. The van der Waals surface area contributed by atoms with Crippen LogP contribution in [0.25, 0.3) is 0 Å². The molecule has 2 heterocycles. The fraction of sp³-hybridized carbons (Fsp3) is 0.500. The minimum absolute atomic E-state index is 0.0112. The first-order chi connectivity index (χ1) is 12.5. The Hall–Kier alpha value is -2.50. The van der Waals surface area contributed by atoms with E-state index in [9.17, 15) is 19.2 Å². The molecular weight excluding hydrogens is 332 g/mol. The number of rotatable bonds is 4. The number of allylic oxidation sites excluding steroid dienone is 2. The number of fused-ring (bicyclic) bond motifs is 1. The third-order valence-corrected chi connectivity index (χ3v) is 7.15. The lowest BCUT2D eigenvalue weighted by molar-refractivity contribution is -0.166. The van der Waals surface area contributed by atoms with Gasteiger partial charge >= 0.3 is 0 Å². The van der Waals surface area contributed by atoms with Gasteiger partial charge < -0.3 is 0 Å². The molecule has 134 valence electrons. The summed E-state index contributed by atoms with van der Waals surface area (Å²) in [5, 5.41) is 0. The first kappa shape index (κ1) is 15.7. The van der Waals surface area contributed by atoms with Crippen molar-refractivity contribution >= 4 is 23.6 Å². The molecule has 6 nitrogen and oxygen atoms in total. The van der Waals surface area contributed by atoms with E-state index in [2.05, 4.69) is 13.2 Å². The zero-order valence-corrected chi connectivity index (χ0v) is 14.3. The van der Waals surface area contributed by atoms with Crippen molar-refractivity contribution in [2.24, 2.45) is 47.3 Å². The van der Waals surface area contributed by atoms with Crippen LogP contribution in [0.1, 0.15) is 0 Å². The molecule has 2 saturated heterocycles. The molecule has 8 atom stereocenters. The van der Waals surface area contributed by atoms with Crippen LogP contribution in [-0.2, 0) is 19.2 Å². The van der Waals surface area contributed by atoms with E-state index in [4.69, 9.17) is 0 Å². The monoisotopic (exact) mass is 352 g/mol. The van der Waals surface area contributed by atoms with Gasteiger partial charge in [0, 0.05) is 13.1 Å². The van der Waals surface area contributed by atoms with Gasteiger partial charge in [0.2, 0.25) is 23.6 Å². The summed E-state index contributed by atoms with van der Waals surface area (Å²) in [5.41, 5.74) is 0. The predicted molar refractivity (Wildman–Crippen MR) is 90.9 cm³/mol. The van der Waals surface area contributed by atoms with Crippen LogP contribution in [0.15, 0.2) is 37.5 Å². The van der Waals surface area contributed by atoms with Gasteiger partial charge in [-0.05, 0) is 23.7 Å². The molecule has 0 aromatic carbocycles. The van der Waals surface area contributed by atoms with Crippen LogP contribution >= 0.6 is 0 Å². The molecule has 0 unspecified atom stereocenters. The molecular formula is C20H20N2O4. The molecule has 2 saturated carbocycles. The van der Waals surface area contributed by atoms with Crippen LogP contribution in [-0.4, -0.2) is 46.5 Å². The van der Waals surface area contributed by atoms with Gasteiger partial charge in [-0.25, -0.2) is 0 Å². The van der Waals surface area contributed by atoms with Gasteiger partial charge in [-0.15, -0.1) is 13.2 Å². The number of amides is 4. The smallest absolute Gasteiger partial charge is 0.234 e. The van der Waals surface area contributed by atoms with E-state index in [0.717, 1.165) is 0 Å². The summed E-state index contributed by atoms with van der Waals surface area (Å²) in [6, 6.07) is 0. The molecule has 2 bridgehead atoms. The number of carbonyl (C=O) groups excluding carboxylic acids is 4. The maximum absolute atomic E-state index is 12.9. The van der Waals surface area contributed by atoms with Crippen molar-refractivity contribution in [3.63, 3.8) is 0 Å². The van der Waals surface area contributed by atoms with E-state index in [-0.39, 0.29) is 72.2 Å². The Bertz CT molecular complexity index is 759. The maximum Gasteiger partial charge on any atom is 0.234 e. The van der Waals surface area contributed by atoms with Gasteiger partial charge in [-0.3, -0.25) is 29.0 Å². The summed E-state index contributed by atoms with van der Waals surface area (Å²) in [6.45, 7) is 7.71. The summed E-state index contributed by atoms with van der Waals surface area (Å²) in [6.07, 6.45) is 7.15. The molecule has 2 aliphatic heterocycles. The Balaban J connectivity index is 1.53. The Morgan fingerprint density at radius 3 is 1.38 bits per heavy atom. The average Bonchev–Trinajstić information content (AvgIpc) is 2.97. The molecule has 26 heavy (non-hydrogen) atoms. The normalized spacial score (nSPS) is 44.8. The molecule has 0 radical (unpaired) electrons. The average molecular weight is 352 g/mol. The number of hydrogen-bond acceptors (Lipinski definition) is 4. The van der Waals surface area contributed by atoms with Crippen LogP contribution in [0.3, 0.4) is 0 Å². The summed E-state index contributed by atoms with van der Waals surface area (Å²) in [4.78, 5) is 53.8. The van der Waals surface area contributed by atoms with Crippen LogP contribution in [0.2, 0.25) is 0 Å². The second-order valence-electron chi connectivity index (χ2n) is 7.95. The van der Waals surface area contributed by atoms with Gasteiger partial charge in [0.25, 0.3) is 0 Å². The maximum atomic E-state index is 12.9. The van der Waals surface area contributed by atoms with E-state index in [1.165, 1.54) is 9.80 Å². The Morgan fingerprint density at radius 2 is 1.04 bits per heavy atom. The quantitative estimate of drug-likeness (QED) is 0.549. The highest BCUT2D eigenvalue weighted by atomic mass is 16.2. The zero-order valence-electron chi connectivity index (χ0n) is 14.3. The topological polar surface area (TPSA) is 74.8 Å². The predicted octanol–water partition coefficient (Wildman–Crippen LogP) is 0.623. The fourth-order valence-electron chi connectivity index (χ4n) is 6.34. The lowest BCUT2D eigenvalue weighted by Crippen LogP contribution is -2.63. The highest BCUT2D eigenvalue weighted by Crippen LogP contribution is 2.68. The van der Waals surface area contributed by atoms with E-state index >= 15 is 0 Å². The fourth-order valence-corrected chi connectivity index (χ4v) is 6.34. The minimum Gasteiger partial charge on any atom is -0.278 e. The highest BCUT2D eigenvalue weighted by Gasteiger charge is 2.74. The SMILES string of the molecule is C=CCN1C(=O)[C@@H]2[C@H]3C=C[C@@H]([C@@H]2C1=O)[C@H]1[C@H]2C(=O)N(CC=C)C(=O)[C@@H]2[C@H]31. The first-order valence-corrected chi connectivity index (χ1v) is 9.13. The van der Waals surface area contributed by atoms with Crippen molar-refractivity contribution in [2.75, 3.05) is 13.1 Å². The number of likely N-dealkylation sites (tertiary alicyclic amines) is 2. The number of nitrogens with zero attached hydrogens (tertiary/aromatic N) is 2. The van der Waals surface area contributed by atoms with Crippen molar-refractivity contribution in [1.82, 2.24) is 9.80 Å². The second kappa shape index (κ2) is 5.02. The first-order valence-electron chi connectivity index (χ1n) is 9.13. The molecule has 4 aliphatic carbocycles. The van der Waals surface area contributed by atoms with Gasteiger partial charge in [0.1, 0.15) is 0 Å². The van der Waals surface area contributed by atoms with Crippen molar-refractivity contribution in [3.05, 3.63) is 37.5 Å². The Morgan fingerprint density at radius 1 is 0.692 bits per heavy atom. The van der Waals surface area contributed by atoms with Crippen LogP contribution in [0.4, 0.5) is 0 Å². The van der Waals surface area contributed by atoms with E-state index in [0.29, 0.717) is 0 Å². The largest absolute Gasteiger partial charge is 0.278 e. The summed E-state index contributed by atoms with van der Waals surface area (Å²) in [7, 11) is 0. The standard InChI is InChI=1S/C20H20N2O4/c1-3-7-21-17(23)13-9-5-6-10(14(13)18(21)24)12-11(9)15-16(12)20(26)22(8-4-2)19(15)25/h3-6,9-16H,1-2,7-8H2/t9-,10+,11-,12-,13+,14-,15-,16-/m1/s1. The van der Waals surface area contributed by atoms with Crippen LogP contribution < -0.4 is 0 Å². The van der Waals surface area contributed by atoms with E-state index in [1.807, 2.05) is 12.2 Å². The molecule has 4 amide bonds. The Kier molecular flexibility index (Phi) is 3.04.